The lowest BCUT2D eigenvalue weighted by molar-refractivity contribution is 0.620. The molecule has 0 aliphatic heterocycles. The number of aryl methyl sites for hydroxylation is 2. The first-order valence-electron chi connectivity index (χ1n) is 6.36. The topological polar surface area (TPSA) is 25.8 Å². The van der Waals surface area contributed by atoms with E-state index in [9.17, 15) is 4.39 Å². The Morgan fingerprint density at radius 3 is 2.48 bits per heavy atom. The first kappa shape index (κ1) is 14.2. The third kappa shape index (κ3) is 2.47. The second-order valence-corrected chi connectivity index (χ2v) is 5.66. The summed E-state index contributed by atoms with van der Waals surface area (Å²) in [4.78, 5) is 8.80. The highest BCUT2D eigenvalue weighted by atomic mass is 35.5. The van der Waals surface area contributed by atoms with Gasteiger partial charge in [0, 0.05) is 21.5 Å². The molecular formula is C16H11Cl2FN2. The Morgan fingerprint density at radius 2 is 1.76 bits per heavy atom. The van der Waals surface area contributed by atoms with E-state index < -0.39 is 0 Å². The van der Waals surface area contributed by atoms with Gasteiger partial charge in [0.15, 0.2) is 5.82 Å². The van der Waals surface area contributed by atoms with Gasteiger partial charge in [-0.1, -0.05) is 23.2 Å². The Morgan fingerprint density at radius 1 is 1.00 bits per heavy atom. The van der Waals surface area contributed by atoms with Crippen molar-refractivity contribution in [1.29, 1.82) is 0 Å². The molecular weight excluding hydrogens is 310 g/mol. The highest BCUT2D eigenvalue weighted by molar-refractivity contribution is 6.34. The smallest absolute Gasteiger partial charge is 0.161 e. The minimum absolute atomic E-state index is 0.309. The van der Waals surface area contributed by atoms with Crippen LogP contribution in [0.1, 0.15) is 11.1 Å². The van der Waals surface area contributed by atoms with E-state index >= 15 is 0 Å². The summed E-state index contributed by atoms with van der Waals surface area (Å²) in [5, 5.41) is 1.60. The zero-order valence-corrected chi connectivity index (χ0v) is 12.9. The first-order chi connectivity index (χ1) is 9.97. The largest absolute Gasteiger partial charge is 0.227 e. The van der Waals surface area contributed by atoms with Crippen molar-refractivity contribution in [2.45, 2.75) is 13.8 Å². The third-order valence-corrected chi connectivity index (χ3v) is 3.96. The van der Waals surface area contributed by atoms with Crippen molar-refractivity contribution < 1.29 is 4.39 Å². The summed E-state index contributed by atoms with van der Waals surface area (Å²) in [7, 11) is 0. The quantitative estimate of drug-likeness (QED) is 0.564. The molecule has 0 aliphatic carbocycles. The summed E-state index contributed by atoms with van der Waals surface area (Å²) in [5.41, 5.74) is 2.75. The number of halogens is 3. The van der Waals surface area contributed by atoms with Gasteiger partial charge >= 0.3 is 0 Å². The predicted octanol–water partition coefficient (Wildman–Crippen LogP) is 5.36. The van der Waals surface area contributed by atoms with Crippen molar-refractivity contribution in [1.82, 2.24) is 9.97 Å². The molecule has 0 unspecified atom stereocenters. The van der Waals surface area contributed by atoms with E-state index in [2.05, 4.69) is 9.97 Å². The molecule has 0 spiro atoms. The van der Waals surface area contributed by atoms with Crippen LogP contribution in [0.2, 0.25) is 10.2 Å². The van der Waals surface area contributed by atoms with Crippen LogP contribution in [0.15, 0.2) is 30.3 Å². The molecule has 0 fully saturated rings. The minimum atomic E-state index is -0.309. The zero-order valence-electron chi connectivity index (χ0n) is 11.4. The molecule has 1 heterocycles. The lowest BCUT2D eigenvalue weighted by Gasteiger charge is -2.09. The first-order valence-corrected chi connectivity index (χ1v) is 7.12. The summed E-state index contributed by atoms with van der Waals surface area (Å²) in [5.74, 6) is 0.159. The Balaban J connectivity index is 2.31. The number of hydrogen-bond acceptors (Lipinski definition) is 2. The van der Waals surface area contributed by atoms with Crippen molar-refractivity contribution in [2.24, 2.45) is 0 Å². The Bertz CT molecular complexity index is 863. The number of hydrogen-bond donors (Lipinski definition) is 0. The second-order valence-electron chi connectivity index (χ2n) is 4.87. The second kappa shape index (κ2) is 5.24. The number of rotatable bonds is 1. The van der Waals surface area contributed by atoms with Crippen molar-refractivity contribution in [2.75, 3.05) is 0 Å². The van der Waals surface area contributed by atoms with Gasteiger partial charge in [-0.3, -0.25) is 0 Å². The van der Waals surface area contributed by atoms with E-state index in [1.54, 1.807) is 19.1 Å². The van der Waals surface area contributed by atoms with Crippen LogP contribution in [-0.2, 0) is 0 Å². The van der Waals surface area contributed by atoms with Gasteiger partial charge in [-0.05, 0) is 49.7 Å². The molecule has 3 aromatic rings. The van der Waals surface area contributed by atoms with Crippen LogP contribution < -0.4 is 0 Å². The maximum atomic E-state index is 13.7. The van der Waals surface area contributed by atoms with E-state index in [4.69, 9.17) is 23.2 Å². The van der Waals surface area contributed by atoms with Crippen LogP contribution in [0.4, 0.5) is 4.39 Å². The normalized spacial score (nSPS) is 11.1. The number of aromatic nitrogens is 2. The van der Waals surface area contributed by atoms with E-state index in [1.807, 2.05) is 19.1 Å². The van der Waals surface area contributed by atoms with Crippen LogP contribution in [0.5, 0.6) is 0 Å². The Hall–Kier alpha value is -1.71. The van der Waals surface area contributed by atoms with Crippen molar-refractivity contribution in [3.8, 4) is 11.4 Å². The molecule has 1 aromatic heterocycles. The molecule has 0 bridgehead atoms. The molecule has 21 heavy (non-hydrogen) atoms. The van der Waals surface area contributed by atoms with Gasteiger partial charge in [0.2, 0.25) is 0 Å². The van der Waals surface area contributed by atoms with Gasteiger partial charge in [0.05, 0.1) is 5.52 Å². The summed E-state index contributed by atoms with van der Waals surface area (Å²) in [6, 6.07) is 8.41. The number of nitrogens with zero attached hydrogens (tertiary/aromatic N) is 2. The monoisotopic (exact) mass is 320 g/mol. The predicted molar refractivity (Wildman–Crippen MR) is 84.4 cm³/mol. The summed E-state index contributed by atoms with van der Waals surface area (Å²) in [6.45, 7) is 3.60. The highest BCUT2D eigenvalue weighted by Crippen LogP contribution is 2.30. The average molecular weight is 321 g/mol. The fourth-order valence-electron chi connectivity index (χ4n) is 2.27. The van der Waals surface area contributed by atoms with E-state index in [0.29, 0.717) is 32.5 Å². The molecule has 5 heteroatoms. The molecule has 0 N–H and O–H groups in total. The SMILES string of the molecule is Cc1cc(Cl)ccc1-c1nc(Cl)c2ccc(F)c(C)c2n1. The minimum Gasteiger partial charge on any atom is -0.227 e. The van der Waals surface area contributed by atoms with Gasteiger partial charge < -0.3 is 0 Å². The molecule has 0 saturated heterocycles. The number of fused-ring (bicyclic) bond motifs is 1. The molecule has 0 amide bonds. The molecule has 0 saturated carbocycles. The van der Waals surface area contributed by atoms with Gasteiger partial charge in [-0.25, -0.2) is 14.4 Å². The fourth-order valence-corrected chi connectivity index (χ4v) is 2.73. The van der Waals surface area contributed by atoms with Crippen LogP contribution >= 0.6 is 23.2 Å². The third-order valence-electron chi connectivity index (χ3n) is 3.44. The van der Waals surface area contributed by atoms with Crippen LogP contribution in [0, 0.1) is 19.7 Å². The summed E-state index contributed by atoms with van der Waals surface area (Å²) in [6.07, 6.45) is 0. The van der Waals surface area contributed by atoms with E-state index in [0.717, 1.165) is 11.1 Å². The number of benzene rings is 2. The van der Waals surface area contributed by atoms with Crippen LogP contribution in [0.25, 0.3) is 22.3 Å². The van der Waals surface area contributed by atoms with E-state index in [-0.39, 0.29) is 5.82 Å². The lowest BCUT2D eigenvalue weighted by Crippen LogP contribution is -1.96. The molecule has 0 aliphatic rings. The van der Waals surface area contributed by atoms with Crippen LogP contribution in [0.3, 0.4) is 0 Å². The molecule has 0 radical (unpaired) electrons. The fraction of sp³-hybridized carbons (Fsp3) is 0.125. The van der Waals surface area contributed by atoms with Gasteiger partial charge in [0.25, 0.3) is 0 Å². The van der Waals surface area contributed by atoms with Crippen molar-refractivity contribution in [3.63, 3.8) is 0 Å². The van der Waals surface area contributed by atoms with Gasteiger partial charge in [-0.2, -0.15) is 0 Å². The maximum absolute atomic E-state index is 13.7. The summed E-state index contributed by atoms with van der Waals surface area (Å²) < 4.78 is 13.7. The van der Waals surface area contributed by atoms with E-state index in [1.165, 1.54) is 6.07 Å². The van der Waals surface area contributed by atoms with Crippen LogP contribution in [-0.4, -0.2) is 9.97 Å². The maximum Gasteiger partial charge on any atom is 0.161 e. The summed E-state index contributed by atoms with van der Waals surface area (Å²) >= 11 is 12.2. The standard InChI is InChI=1S/C16H11Cl2FN2/c1-8-7-10(17)3-4-11(8)16-20-14-9(2)13(19)6-5-12(14)15(18)21-16/h3-7H,1-2H3. The Labute approximate surface area is 131 Å². The van der Waals surface area contributed by atoms with Gasteiger partial charge in [-0.15, -0.1) is 0 Å². The molecule has 2 nitrogen and oxygen atoms in total. The zero-order chi connectivity index (χ0) is 15.1. The molecule has 106 valence electrons. The molecule has 3 rings (SSSR count). The van der Waals surface area contributed by atoms with Crippen molar-refractivity contribution >= 4 is 34.1 Å². The Kier molecular flexibility index (Phi) is 3.56. The highest BCUT2D eigenvalue weighted by Gasteiger charge is 2.13. The van der Waals surface area contributed by atoms with Gasteiger partial charge in [0.1, 0.15) is 11.0 Å². The average Bonchev–Trinajstić information content (AvgIpc) is 2.43. The molecule has 0 atom stereocenters. The lowest BCUT2D eigenvalue weighted by atomic mass is 10.1. The molecule has 2 aromatic carbocycles. The van der Waals surface area contributed by atoms with Crippen molar-refractivity contribution in [3.05, 3.63) is 57.5 Å².